The van der Waals surface area contributed by atoms with E-state index in [0.717, 1.165) is 49.7 Å². The van der Waals surface area contributed by atoms with Crippen LogP contribution in [0.3, 0.4) is 0 Å². The van der Waals surface area contributed by atoms with Gasteiger partial charge in [0.15, 0.2) is 0 Å². The van der Waals surface area contributed by atoms with Crippen molar-refractivity contribution in [2.24, 2.45) is 0 Å². The van der Waals surface area contributed by atoms with Crippen molar-refractivity contribution in [2.45, 2.75) is 25.3 Å². The van der Waals surface area contributed by atoms with E-state index >= 15 is 0 Å². The van der Waals surface area contributed by atoms with Gasteiger partial charge in [0.1, 0.15) is 5.75 Å². The third-order valence-corrected chi connectivity index (χ3v) is 4.71. The fraction of sp³-hybridized carbons (Fsp3) is 0.600. The number of thioether (sulfide) groups is 1. The lowest BCUT2D eigenvalue weighted by atomic mass is 10.0. The summed E-state index contributed by atoms with van der Waals surface area (Å²) < 4.78 is 5.76. The topological polar surface area (TPSA) is 41.5 Å². The minimum atomic E-state index is 0.284. The van der Waals surface area contributed by atoms with Gasteiger partial charge in [-0.05, 0) is 31.1 Å². The molecule has 5 heteroatoms. The number of hydrogen-bond donors (Lipinski definition) is 2. The van der Waals surface area contributed by atoms with Crippen LogP contribution in [0.1, 0.15) is 30.9 Å². The number of para-hydroxylation sites is 1. The molecule has 0 fully saturated rings. The van der Waals surface area contributed by atoms with Crippen LogP contribution in [-0.2, 0) is 0 Å². The third kappa shape index (κ3) is 4.55. The standard InChI is InChI=1S/C15H22ClNO2S/c16-13-5-1-4-12-14(6-2-9-19-15(12)13)17-7-11-20-10-3-8-18/h1,4-5,14,17-18H,2-3,6-11H2. The van der Waals surface area contributed by atoms with Gasteiger partial charge in [-0.25, -0.2) is 0 Å². The highest BCUT2D eigenvalue weighted by atomic mass is 35.5. The van der Waals surface area contributed by atoms with Crippen LogP contribution >= 0.6 is 23.4 Å². The molecular weight excluding hydrogens is 294 g/mol. The predicted octanol–water partition coefficient (Wildman–Crippen LogP) is 3.26. The van der Waals surface area contributed by atoms with Crippen LogP contribution in [0.5, 0.6) is 5.75 Å². The zero-order valence-electron chi connectivity index (χ0n) is 11.6. The molecular formula is C15H22ClNO2S. The van der Waals surface area contributed by atoms with Gasteiger partial charge in [0, 0.05) is 30.5 Å². The first-order valence-corrected chi connectivity index (χ1v) is 8.69. The van der Waals surface area contributed by atoms with Crippen LogP contribution in [0.2, 0.25) is 5.02 Å². The summed E-state index contributed by atoms with van der Waals surface area (Å²) in [6, 6.07) is 6.29. The number of hydrogen-bond acceptors (Lipinski definition) is 4. The molecule has 1 aromatic rings. The van der Waals surface area contributed by atoms with E-state index in [0.29, 0.717) is 11.1 Å². The molecule has 1 atom stereocenters. The molecule has 0 radical (unpaired) electrons. The summed E-state index contributed by atoms with van der Waals surface area (Å²) in [6.45, 7) is 1.99. The predicted molar refractivity (Wildman–Crippen MR) is 86.0 cm³/mol. The lowest BCUT2D eigenvalue weighted by Gasteiger charge is -2.18. The minimum absolute atomic E-state index is 0.284. The second-order valence-electron chi connectivity index (χ2n) is 4.85. The van der Waals surface area contributed by atoms with Crippen molar-refractivity contribution < 1.29 is 9.84 Å². The maximum absolute atomic E-state index is 8.74. The maximum Gasteiger partial charge on any atom is 0.142 e. The van der Waals surface area contributed by atoms with Gasteiger partial charge in [-0.3, -0.25) is 0 Å². The Kier molecular flexibility index (Phi) is 7.00. The summed E-state index contributed by atoms with van der Waals surface area (Å²) in [5.74, 6) is 2.93. The maximum atomic E-state index is 8.74. The van der Waals surface area contributed by atoms with Gasteiger partial charge in [-0.15, -0.1) is 0 Å². The number of aliphatic hydroxyl groups excluding tert-OH is 1. The molecule has 0 saturated carbocycles. The Morgan fingerprint density at radius 3 is 3.15 bits per heavy atom. The van der Waals surface area contributed by atoms with Crippen LogP contribution in [0, 0.1) is 0 Å². The quantitative estimate of drug-likeness (QED) is 0.758. The van der Waals surface area contributed by atoms with E-state index in [1.54, 1.807) is 0 Å². The number of rotatable bonds is 7. The number of halogens is 1. The van der Waals surface area contributed by atoms with Gasteiger partial charge < -0.3 is 15.2 Å². The van der Waals surface area contributed by atoms with E-state index in [1.807, 2.05) is 23.9 Å². The van der Waals surface area contributed by atoms with Gasteiger partial charge in [0.05, 0.1) is 11.6 Å². The molecule has 0 aromatic heterocycles. The molecule has 0 spiro atoms. The summed E-state index contributed by atoms with van der Waals surface area (Å²) in [5.41, 5.74) is 1.18. The molecule has 1 heterocycles. The molecule has 3 nitrogen and oxygen atoms in total. The highest BCUT2D eigenvalue weighted by molar-refractivity contribution is 7.99. The summed E-state index contributed by atoms with van der Waals surface area (Å²) in [6.07, 6.45) is 3.00. The molecule has 112 valence electrons. The van der Waals surface area contributed by atoms with Crippen LogP contribution < -0.4 is 10.1 Å². The molecule has 2 N–H and O–H groups in total. The minimum Gasteiger partial charge on any atom is -0.492 e. The van der Waals surface area contributed by atoms with Crippen LogP contribution in [0.15, 0.2) is 18.2 Å². The zero-order valence-corrected chi connectivity index (χ0v) is 13.2. The molecule has 1 aromatic carbocycles. The highest BCUT2D eigenvalue weighted by Crippen LogP contribution is 2.36. The van der Waals surface area contributed by atoms with E-state index in [-0.39, 0.29) is 6.61 Å². The van der Waals surface area contributed by atoms with Crippen molar-refractivity contribution in [3.05, 3.63) is 28.8 Å². The van der Waals surface area contributed by atoms with E-state index in [4.69, 9.17) is 21.4 Å². The Labute approximate surface area is 130 Å². The van der Waals surface area contributed by atoms with E-state index in [2.05, 4.69) is 11.4 Å². The first-order valence-electron chi connectivity index (χ1n) is 7.16. The van der Waals surface area contributed by atoms with Gasteiger partial charge in [-0.1, -0.05) is 23.7 Å². The molecule has 0 aliphatic carbocycles. The van der Waals surface area contributed by atoms with Gasteiger partial charge in [-0.2, -0.15) is 11.8 Å². The first kappa shape index (κ1) is 16.0. The molecule has 1 unspecified atom stereocenters. The van der Waals surface area contributed by atoms with Crippen molar-refractivity contribution in [1.82, 2.24) is 5.32 Å². The van der Waals surface area contributed by atoms with Crippen LogP contribution in [-0.4, -0.2) is 36.4 Å². The lowest BCUT2D eigenvalue weighted by molar-refractivity contribution is 0.296. The Bertz CT molecular complexity index is 417. The fourth-order valence-electron chi connectivity index (χ4n) is 2.36. The summed E-state index contributed by atoms with van der Waals surface area (Å²) >= 11 is 8.09. The average Bonchev–Trinajstić information content (AvgIpc) is 2.66. The molecule has 0 bridgehead atoms. The smallest absolute Gasteiger partial charge is 0.142 e. The summed E-state index contributed by atoms with van der Waals surface area (Å²) in [4.78, 5) is 0. The largest absolute Gasteiger partial charge is 0.492 e. The average molecular weight is 316 g/mol. The Balaban J connectivity index is 1.87. The van der Waals surface area contributed by atoms with Gasteiger partial charge >= 0.3 is 0 Å². The van der Waals surface area contributed by atoms with Crippen molar-refractivity contribution in [1.29, 1.82) is 0 Å². The van der Waals surface area contributed by atoms with Crippen molar-refractivity contribution in [2.75, 3.05) is 31.3 Å². The van der Waals surface area contributed by atoms with E-state index < -0.39 is 0 Å². The summed E-state index contributed by atoms with van der Waals surface area (Å²) in [5, 5.41) is 13.0. The molecule has 20 heavy (non-hydrogen) atoms. The Morgan fingerprint density at radius 2 is 2.30 bits per heavy atom. The fourth-order valence-corrected chi connectivity index (χ4v) is 3.39. The third-order valence-electron chi connectivity index (χ3n) is 3.34. The van der Waals surface area contributed by atoms with Crippen LogP contribution in [0.25, 0.3) is 0 Å². The number of nitrogens with one attached hydrogen (secondary N) is 1. The summed E-state index contributed by atoms with van der Waals surface area (Å²) in [7, 11) is 0. The lowest BCUT2D eigenvalue weighted by Crippen LogP contribution is -2.23. The van der Waals surface area contributed by atoms with Gasteiger partial charge in [0.2, 0.25) is 0 Å². The number of fused-ring (bicyclic) bond motifs is 1. The molecule has 0 saturated heterocycles. The first-order chi connectivity index (χ1) is 9.83. The monoisotopic (exact) mass is 315 g/mol. The molecule has 1 aliphatic rings. The Morgan fingerprint density at radius 1 is 1.40 bits per heavy atom. The molecule has 2 rings (SSSR count). The molecule has 0 amide bonds. The van der Waals surface area contributed by atoms with Crippen molar-refractivity contribution in [3.63, 3.8) is 0 Å². The van der Waals surface area contributed by atoms with Crippen molar-refractivity contribution in [3.8, 4) is 5.75 Å². The molecule has 1 aliphatic heterocycles. The second-order valence-corrected chi connectivity index (χ2v) is 6.48. The van der Waals surface area contributed by atoms with E-state index in [1.165, 1.54) is 5.56 Å². The van der Waals surface area contributed by atoms with E-state index in [9.17, 15) is 0 Å². The highest BCUT2D eigenvalue weighted by Gasteiger charge is 2.20. The Hall–Kier alpha value is -0.420. The van der Waals surface area contributed by atoms with Crippen molar-refractivity contribution >= 4 is 23.4 Å². The number of aliphatic hydroxyl groups is 1. The second kappa shape index (κ2) is 8.78. The number of benzene rings is 1. The number of ether oxygens (including phenoxy) is 1. The zero-order chi connectivity index (χ0) is 14.2. The van der Waals surface area contributed by atoms with Gasteiger partial charge in [0.25, 0.3) is 0 Å². The van der Waals surface area contributed by atoms with Crippen LogP contribution in [0.4, 0.5) is 0 Å². The normalized spacial score (nSPS) is 18.2. The SMILES string of the molecule is OCCCSCCNC1CCCOc2c(Cl)cccc21.